The summed E-state index contributed by atoms with van der Waals surface area (Å²) < 4.78 is 4.40. The highest BCUT2D eigenvalue weighted by Gasteiger charge is 2.10. The third-order valence-corrected chi connectivity index (χ3v) is 0.970. The maximum absolute atomic E-state index is 10.5. The Morgan fingerprint density at radius 2 is 1.85 bits per heavy atom. The second-order valence-corrected chi connectivity index (χ2v) is 1.96. The van der Waals surface area contributed by atoms with Crippen LogP contribution in [0.5, 0.6) is 0 Å². The van der Waals surface area contributed by atoms with E-state index in [-0.39, 0.29) is 6.61 Å². The van der Waals surface area contributed by atoms with Gasteiger partial charge in [-0.1, -0.05) is 13.3 Å². The van der Waals surface area contributed by atoms with E-state index in [9.17, 15) is 9.59 Å². The molecule has 76 valence electrons. The van der Waals surface area contributed by atoms with Crippen molar-refractivity contribution < 1.29 is 34.2 Å². The molecule has 0 spiro atoms. The van der Waals surface area contributed by atoms with Crippen molar-refractivity contribution in [2.45, 2.75) is 19.8 Å². The Labute approximate surface area is 74.0 Å². The van der Waals surface area contributed by atoms with Crippen LogP contribution in [0.4, 0.5) is 9.59 Å². The van der Waals surface area contributed by atoms with Crippen LogP contribution in [0, 0.1) is 0 Å². The molecule has 0 saturated carbocycles. The van der Waals surface area contributed by atoms with E-state index in [1.54, 1.807) is 0 Å². The molecule has 0 amide bonds. The summed E-state index contributed by atoms with van der Waals surface area (Å²) in [6, 6.07) is 0. The molecule has 0 unspecified atom stereocenters. The zero-order chi connectivity index (χ0) is 10.1. The van der Waals surface area contributed by atoms with Crippen LogP contribution in [-0.2, 0) is 19.4 Å². The van der Waals surface area contributed by atoms with Gasteiger partial charge in [0.15, 0.2) is 0 Å². The lowest BCUT2D eigenvalue weighted by molar-refractivity contribution is -0.275. The molecule has 13 heavy (non-hydrogen) atoms. The van der Waals surface area contributed by atoms with Crippen LogP contribution in [-0.4, -0.2) is 24.2 Å². The molecule has 0 aromatic rings. The zero-order valence-corrected chi connectivity index (χ0v) is 7.02. The molecule has 0 aliphatic heterocycles. The van der Waals surface area contributed by atoms with Crippen molar-refractivity contribution in [2.24, 2.45) is 0 Å². The van der Waals surface area contributed by atoms with Crippen molar-refractivity contribution in [2.75, 3.05) is 6.61 Å². The largest absolute Gasteiger partial charge is 0.582 e. The first-order valence-corrected chi connectivity index (χ1v) is 3.57. The molecule has 0 aliphatic carbocycles. The summed E-state index contributed by atoms with van der Waals surface area (Å²) in [7, 11) is 0. The van der Waals surface area contributed by atoms with Gasteiger partial charge in [0.2, 0.25) is 0 Å². The van der Waals surface area contributed by atoms with Gasteiger partial charge in [-0.2, -0.15) is 24.6 Å². The molecule has 7 nitrogen and oxygen atoms in total. The van der Waals surface area contributed by atoms with Crippen molar-refractivity contribution in [3.05, 3.63) is 0 Å². The molecule has 0 bridgehead atoms. The van der Waals surface area contributed by atoms with Crippen molar-refractivity contribution in [3.63, 3.8) is 0 Å². The maximum atomic E-state index is 10.5. The molecule has 0 fully saturated rings. The third kappa shape index (κ3) is 6.88. The van der Waals surface area contributed by atoms with E-state index in [0.29, 0.717) is 6.42 Å². The van der Waals surface area contributed by atoms with E-state index in [0.717, 1.165) is 6.42 Å². The SMILES string of the molecule is CCCCOC(=O)OOC(=O)OO. The Morgan fingerprint density at radius 3 is 2.38 bits per heavy atom. The summed E-state index contributed by atoms with van der Waals surface area (Å²) in [5.74, 6) is 0. The summed E-state index contributed by atoms with van der Waals surface area (Å²) in [4.78, 5) is 30.9. The van der Waals surface area contributed by atoms with Crippen LogP contribution < -0.4 is 0 Å². The molecule has 0 atom stereocenters. The number of carbonyl (C=O) groups excluding carboxylic acids is 2. The lowest BCUT2D eigenvalue weighted by Gasteiger charge is -2.01. The molecule has 0 aromatic heterocycles. The average molecular weight is 194 g/mol. The van der Waals surface area contributed by atoms with Crippen molar-refractivity contribution in [1.82, 2.24) is 0 Å². The molecule has 0 saturated heterocycles. The van der Waals surface area contributed by atoms with Crippen molar-refractivity contribution in [1.29, 1.82) is 0 Å². The molecule has 0 rings (SSSR count). The van der Waals surface area contributed by atoms with Gasteiger partial charge >= 0.3 is 12.3 Å². The van der Waals surface area contributed by atoms with Crippen LogP contribution in [0.2, 0.25) is 0 Å². The van der Waals surface area contributed by atoms with Gasteiger partial charge in [-0.25, -0.2) is 0 Å². The number of hydrogen-bond acceptors (Lipinski definition) is 7. The minimum absolute atomic E-state index is 0.173. The second kappa shape index (κ2) is 7.17. The highest BCUT2D eigenvalue weighted by molar-refractivity contribution is 5.62. The van der Waals surface area contributed by atoms with E-state index in [1.807, 2.05) is 6.92 Å². The predicted octanol–water partition coefficient (Wildman–Crippen LogP) is 1.48. The highest BCUT2D eigenvalue weighted by Crippen LogP contribution is 1.93. The van der Waals surface area contributed by atoms with Crippen molar-refractivity contribution >= 4 is 12.3 Å². The Hall–Kier alpha value is -1.50. The lowest BCUT2D eigenvalue weighted by atomic mass is 10.4. The standard InChI is InChI=1S/C6H10O7/c1-2-3-4-10-5(7)12-13-6(8)11-9/h9H,2-4H2,1H3. The lowest BCUT2D eigenvalue weighted by Crippen LogP contribution is -2.13. The number of hydrogen-bond donors (Lipinski definition) is 1. The molecule has 0 radical (unpaired) electrons. The maximum Gasteiger partial charge on any atom is 0.582 e. The third-order valence-electron chi connectivity index (χ3n) is 0.970. The second-order valence-electron chi connectivity index (χ2n) is 1.96. The minimum Gasteiger partial charge on any atom is -0.432 e. The molecule has 7 heteroatoms. The summed E-state index contributed by atoms with van der Waals surface area (Å²) in [5.41, 5.74) is 0. The van der Waals surface area contributed by atoms with Gasteiger partial charge in [0.1, 0.15) is 0 Å². The smallest absolute Gasteiger partial charge is 0.432 e. The van der Waals surface area contributed by atoms with E-state index in [4.69, 9.17) is 5.26 Å². The first-order valence-electron chi connectivity index (χ1n) is 3.57. The fourth-order valence-electron chi connectivity index (χ4n) is 0.407. The first kappa shape index (κ1) is 11.5. The number of unbranched alkanes of at least 4 members (excludes halogenated alkanes) is 1. The van der Waals surface area contributed by atoms with E-state index < -0.39 is 12.3 Å². The number of rotatable bonds is 3. The van der Waals surface area contributed by atoms with E-state index >= 15 is 0 Å². The van der Waals surface area contributed by atoms with Gasteiger partial charge in [0.05, 0.1) is 6.61 Å². The van der Waals surface area contributed by atoms with Gasteiger partial charge in [0, 0.05) is 0 Å². The number of carbonyl (C=O) groups is 2. The molecule has 0 aromatic carbocycles. The molecule has 0 heterocycles. The van der Waals surface area contributed by atoms with Gasteiger partial charge in [-0.15, -0.1) is 0 Å². The van der Waals surface area contributed by atoms with Crippen LogP contribution in [0.25, 0.3) is 0 Å². The van der Waals surface area contributed by atoms with Gasteiger partial charge in [0.25, 0.3) is 0 Å². The topological polar surface area (TPSA) is 91.3 Å². The predicted molar refractivity (Wildman–Crippen MR) is 37.5 cm³/mol. The van der Waals surface area contributed by atoms with Gasteiger partial charge in [-0.05, 0) is 6.42 Å². The summed E-state index contributed by atoms with van der Waals surface area (Å²) in [5, 5.41) is 7.66. The Bertz CT molecular complexity index is 166. The van der Waals surface area contributed by atoms with Gasteiger partial charge in [-0.3, -0.25) is 4.89 Å². The fraction of sp³-hybridized carbons (Fsp3) is 0.667. The highest BCUT2D eigenvalue weighted by atomic mass is 17.3. The van der Waals surface area contributed by atoms with E-state index in [1.165, 1.54) is 0 Å². The first-order chi connectivity index (χ1) is 6.20. The van der Waals surface area contributed by atoms with E-state index in [2.05, 4.69) is 19.4 Å². The Balaban J connectivity index is 3.35. The Kier molecular flexibility index (Phi) is 6.34. The van der Waals surface area contributed by atoms with Crippen LogP contribution in [0.15, 0.2) is 0 Å². The monoisotopic (exact) mass is 194 g/mol. The molecule has 1 N–H and O–H groups in total. The van der Waals surface area contributed by atoms with Crippen LogP contribution in [0.1, 0.15) is 19.8 Å². The minimum atomic E-state index is -1.55. The quantitative estimate of drug-likeness (QED) is 0.315. The van der Waals surface area contributed by atoms with Crippen LogP contribution >= 0.6 is 0 Å². The Morgan fingerprint density at radius 1 is 1.23 bits per heavy atom. The molecular formula is C6H10O7. The summed E-state index contributed by atoms with van der Waals surface area (Å²) in [6.07, 6.45) is -1.18. The molecule has 0 aliphatic rings. The zero-order valence-electron chi connectivity index (χ0n) is 7.02. The fourth-order valence-corrected chi connectivity index (χ4v) is 0.407. The molecular weight excluding hydrogens is 184 g/mol. The number of ether oxygens (including phenoxy) is 1. The van der Waals surface area contributed by atoms with Crippen LogP contribution in [0.3, 0.4) is 0 Å². The van der Waals surface area contributed by atoms with Gasteiger partial charge < -0.3 is 4.74 Å². The average Bonchev–Trinajstić information content (AvgIpc) is 2.14. The van der Waals surface area contributed by atoms with Crippen molar-refractivity contribution in [3.8, 4) is 0 Å². The normalized spacial score (nSPS) is 8.77. The summed E-state index contributed by atoms with van der Waals surface area (Å²) >= 11 is 0. The summed E-state index contributed by atoms with van der Waals surface area (Å²) in [6.45, 7) is 2.08.